The van der Waals surface area contributed by atoms with Crippen molar-refractivity contribution >= 4 is 46.0 Å². The van der Waals surface area contributed by atoms with E-state index in [1.54, 1.807) is 0 Å². The number of benzene rings is 4. The van der Waals surface area contributed by atoms with Gasteiger partial charge in [0.15, 0.2) is 0 Å². The molecule has 1 heterocycles. The topological polar surface area (TPSA) is 81.4 Å². The van der Waals surface area contributed by atoms with E-state index in [1.807, 2.05) is 30.3 Å². The number of carbonyl (C=O) groups is 2. The Bertz CT molecular complexity index is 1770. The predicted octanol–water partition coefficient (Wildman–Crippen LogP) is 7.99. The number of rotatable bonds is 6. The van der Waals surface area contributed by atoms with E-state index in [0.29, 0.717) is 0 Å². The van der Waals surface area contributed by atoms with Crippen LogP contribution in [0.5, 0.6) is 5.75 Å². The van der Waals surface area contributed by atoms with Crippen molar-refractivity contribution in [3.05, 3.63) is 117 Å². The third kappa shape index (κ3) is 5.13. The average molecular weight is 585 g/mol. The molecule has 0 spiro atoms. The van der Waals surface area contributed by atoms with Crippen LogP contribution in [0.2, 0.25) is 10.0 Å². The van der Waals surface area contributed by atoms with Crippen LogP contribution < -0.4 is 4.74 Å². The number of aromatic nitrogens is 2. The molecule has 1 aromatic heterocycles. The number of ether oxygens (including phenoxy) is 1. The summed E-state index contributed by atoms with van der Waals surface area (Å²) in [6.45, 7) is 0.0801. The molecule has 0 unspecified atom stereocenters. The molecule has 0 aliphatic rings. The van der Waals surface area contributed by atoms with E-state index in [9.17, 15) is 27.9 Å². The Labute approximate surface area is 235 Å². The summed E-state index contributed by atoms with van der Waals surface area (Å²) in [5, 5.41) is 13.9. The lowest BCUT2D eigenvalue weighted by molar-refractivity contribution is -0.137. The predicted molar refractivity (Wildman–Crippen MR) is 144 cm³/mol. The van der Waals surface area contributed by atoms with E-state index in [4.69, 9.17) is 27.9 Å². The minimum Gasteiger partial charge on any atom is -0.488 e. The molecule has 40 heavy (non-hydrogen) atoms. The van der Waals surface area contributed by atoms with Crippen LogP contribution in [-0.4, -0.2) is 26.8 Å². The minimum atomic E-state index is -4.86. The molecule has 0 atom stereocenters. The summed E-state index contributed by atoms with van der Waals surface area (Å²) < 4.78 is 48.2. The van der Waals surface area contributed by atoms with Gasteiger partial charge in [-0.15, -0.1) is 0 Å². The highest BCUT2D eigenvalue weighted by Crippen LogP contribution is 2.40. The lowest BCUT2D eigenvalue weighted by atomic mass is 10.0. The van der Waals surface area contributed by atoms with E-state index in [1.165, 1.54) is 42.5 Å². The van der Waals surface area contributed by atoms with Crippen LogP contribution in [0.15, 0.2) is 84.9 Å². The maximum absolute atomic E-state index is 13.8. The summed E-state index contributed by atoms with van der Waals surface area (Å²) in [6, 6.07) is 20.8. The normalized spacial score (nSPS) is 11.5. The highest BCUT2D eigenvalue weighted by molar-refractivity contribution is 6.37. The zero-order valence-corrected chi connectivity index (χ0v) is 21.8. The number of nitrogens with zero attached hydrogens (tertiary/aromatic N) is 2. The first-order valence-corrected chi connectivity index (χ1v) is 12.4. The van der Waals surface area contributed by atoms with Crippen LogP contribution in [0.1, 0.15) is 31.8 Å². The van der Waals surface area contributed by atoms with Gasteiger partial charge in [0.1, 0.15) is 18.1 Å². The third-order valence-corrected chi connectivity index (χ3v) is 6.73. The van der Waals surface area contributed by atoms with Crippen LogP contribution >= 0.6 is 23.2 Å². The maximum atomic E-state index is 13.8. The number of hydrogen-bond donors (Lipinski definition) is 1. The molecule has 202 valence electrons. The largest absolute Gasteiger partial charge is 0.488 e. The molecule has 11 heteroatoms. The van der Waals surface area contributed by atoms with Crippen LogP contribution in [0.3, 0.4) is 0 Å². The summed E-state index contributed by atoms with van der Waals surface area (Å²) >= 11 is 12.6. The van der Waals surface area contributed by atoms with Crippen LogP contribution in [0.25, 0.3) is 22.2 Å². The van der Waals surface area contributed by atoms with E-state index >= 15 is 0 Å². The van der Waals surface area contributed by atoms with Gasteiger partial charge in [-0.05, 0) is 48.0 Å². The molecular formula is C29H17Cl2F3N2O4. The average Bonchev–Trinajstić information content (AvgIpc) is 3.32. The number of fused-ring (bicyclic) bond motifs is 1. The van der Waals surface area contributed by atoms with Crippen LogP contribution in [0, 0.1) is 0 Å². The van der Waals surface area contributed by atoms with Gasteiger partial charge >= 0.3 is 12.1 Å². The maximum Gasteiger partial charge on any atom is 0.417 e. The molecule has 0 saturated heterocycles. The fourth-order valence-electron chi connectivity index (χ4n) is 4.26. The van der Waals surface area contributed by atoms with Gasteiger partial charge in [-0.1, -0.05) is 65.7 Å². The first-order valence-electron chi connectivity index (χ1n) is 11.7. The zero-order valence-electron chi connectivity index (χ0n) is 20.2. The molecule has 0 radical (unpaired) electrons. The highest BCUT2D eigenvalue weighted by atomic mass is 35.5. The number of carboxylic acid groups (broad SMARTS) is 1. The second-order valence-electron chi connectivity index (χ2n) is 8.65. The van der Waals surface area contributed by atoms with Crippen LogP contribution in [-0.2, 0) is 12.8 Å². The molecule has 0 aliphatic heterocycles. The number of aromatic carboxylic acids is 1. The highest BCUT2D eigenvalue weighted by Gasteiger charge is 2.37. The second kappa shape index (κ2) is 10.7. The molecule has 0 aliphatic carbocycles. The van der Waals surface area contributed by atoms with Gasteiger partial charge in [0.05, 0.1) is 32.3 Å². The second-order valence-corrected chi connectivity index (χ2v) is 9.46. The van der Waals surface area contributed by atoms with Crippen molar-refractivity contribution in [1.82, 2.24) is 9.78 Å². The fraction of sp³-hybridized carbons (Fsp3) is 0.0690. The van der Waals surface area contributed by atoms with Crippen molar-refractivity contribution in [2.45, 2.75) is 12.8 Å². The Morgan fingerprint density at radius 1 is 0.900 bits per heavy atom. The summed E-state index contributed by atoms with van der Waals surface area (Å²) in [4.78, 5) is 25.3. The van der Waals surface area contributed by atoms with Crippen molar-refractivity contribution in [2.24, 2.45) is 0 Å². The Morgan fingerprint density at radius 2 is 1.60 bits per heavy atom. The van der Waals surface area contributed by atoms with E-state index in [2.05, 4.69) is 5.10 Å². The minimum absolute atomic E-state index is 0.0661. The third-order valence-electron chi connectivity index (χ3n) is 6.10. The number of hydrogen-bond acceptors (Lipinski definition) is 4. The van der Waals surface area contributed by atoms with Gasteiger partial charge in [-0.25, -0.2) is 4.79 Å². The van der Waals surface area contributed by atoms with E-state index in [0.717, 1.165) is 22.4 Å². The van der Waals surface area contributed by atoms with Gasteiger partial charge in [-0.3, -0.25) is 4.79 Å². The lowest BCUT2D eigenvalue weighted by Crippen LogP contribution is -2.20. The SMILES string of the molecule is O=C(O)c1ccc(-c2nn(C(=O)c3c(Cl)cccc3C(F)(F)F)c3cccc(Cl)c23)c(OCc2ccccc2)c1. The molecule has 0 fully saturated rings. The molecule has 0 saturated carbocycles. The standard InChI is InChI=1S/C29H17Cl2F3N2O4/c30-20-9-4-8-19(29(32,33)34)24(20)27(37)36-22-11-5-10-21(31)25(22)26(35-36)18-13-12-17(28(38)39)14-23(18)40-15-16-6-2-1-3-7-16/h1-14H,15H2,(H,38,39). The smallest absolute Gasteiger partial charge is 0.417 e. The molecule has 4 aromatic carbocycles. The van der Waals surface area contributed by atoms with Crippen molar-refractivity contribution in [2.75, 3.05) is 0 Å². The zero-order chi connectivity index (χ0) is 28.6. The molecule has 1 N–H and O–H groups in total. The summed E-state index contributed by atoms with van der Waals surface area (Å²) in [7, 11) is 0. The first kappa shape index (κ1) is 27.2. The van der Waals surface area contributed by atoms with Crippen molar-refractivity contribution in [3.8, 4) is 17.0 Å². The number of alkyl halides is 3. The quantitative estimate of drug-likeness (QED) is 0.219. The Balaban J connectivity index is 1.71. The van der Waals surface area contributed by atoms with E-state index in [-0.39, 0.29) is 45.1 Å². The Kier molecular flexibility index (Phi) is 7.27. The molecule has 5 aromatic rings. The van der Waals surface area contributed by atoms with Crippen LogP contribution in [0.4, 0.5) is 13.2 Å². The summed E-state index contributed by atoms with van der Waals surface area (Å²) in [6.07, 6.45) is -4.86. The molecule has 5 rings (SSSR count). The number of halogens is 5. The van der Waals surface area contributed by atoms with Gasteiger partial charge < -0.3 is 9.84 Å². The van der Waals surface area contributed by atoms with Crippen molar-refractivity contribution in [1.29, 1.82) is 0 Å². The number of carbonyl (C=O) groups excluding carboxylic acids is 1. The van der Waals surface area contributed by atoms with Gasteiger partial charge in [0.25, 0.3) is 5.91 Å². The Morgan fingerprint density at radius 3 is 2.30 bits per heavy atom. The van der Waals surface area contributed by atoms with Gasteiger partial charge in [0, 0.05) is 10.9 Å². The Hall–Kier alpha value is -4.34. The van der Waals surface area contributed by atoms with Gasteiger partial charge in [-0.2, -0.15) is 23.0 Å². The van der Waals surface area contributed by atoms with Crippen molar-refractivity contribution in [3.63, 3.8) is 0 Å². The fourth-order valence-corrected chi connectivity index (χ4v) is 4.77. The molecule has 0 bridgehead atoms. The summed E-state index contributed by atoms with van der Waals surface area (Å²) in [5.74, 6) is -2.19. The first-order chi connectivity index (χ1) is 19.1. The number of carboxylic acids is 1. The summed E-state index contributed by atoms with van der Waals surface area (Å²) in [5.41, 5.74) is -0.740. The lowest BCUT2D eigenvalue weighted by Gasteiger charge is -2.13. The molecule has 6 nitrogen and oxygen atoms in total. The van der Waals surface area contributed by atoms with Gasteiger partial charge in [0.2, 0.25) is 0 Å². The van der Waals surface area contributed by atoms with E-state index < -0.39 is 34.2 Å². The monoisotopic (exact) mass is 584 g/mol. The van der Waals surface area contributed by atoms with Crippen molar-refractivity contribution < 1.29 is 32.6 Å². The molecular weight excluding hydrogens is 568 g/mol. The molecule has 0 amide bonds.